The molecule has 1 saturated carbocycles. The summed E-state index contributed by atoms with van der Waals surface area (Å²) < 4.78 is 5.56. The predicted molar refractivity (Wildman–Crippen MR) is 122 cm³/mol. The van der Waals surface area contributed by atoms with Crippen LogP contribution in [-0.4, -0.2) is 54.2 Å². The van der Waals surface area contributed by atoms with Crippen molar-refractivity contribution >= 4 is 18.0 Å². The number of carboxylic acid groups (broad SMARTS) is 1. The molecule has 0 spiro atoms. The molecule has 0 bridgehead atoms. The summed E-state index contributed by atoms with van der Waals surface area (Å²) in [6.45, 7) is 3.28. The van der Waals surface area contributed by atoms with Crippen molar-refractivity contribution in [3.05, 3.63) is 59.7 Å². The van der Waals surface area contributed by atoms with Gasteiger partial charge in [-0.05, 0) is 40.5 Å². The Hall–Kier alpha value is -3.35. The van der Waals surface area contributed by atoms with E-state index in [0.717, 1.165) is 0 Å². The summed E-state index contributed by atoms with van der Waals surface area (Å²) >= 11 is 0. The van der Waals surface area contributed by atoms with Crippen molar-refractivity contribution < 1.29 is 24.2 Å². The Morgan fingerprint density at radius 1 is 1.00 bits per heavy atom. The van der Waals surface area contributed by atoms with Crippen LogP contribution in [0.3, 0.4) is 0 Å². The first-order valence-electron chi connectivity index (χ1n) is 11.5. The van der Waals surface area contributed by atoms with E-state index in [2.05, 4.69) is 29.6 Å². The molecule has 0 radical (unpaired) electrons. The van der Waals surface area contributed by atoms with Crippen LogP contribution < -0.4 is 5.32 Å². The number of nitrogens with zero attached hydrogens (tertiary/aromatic N) is 1. The molecule has 1 aliphatic heterocycles. The van der Waals surface area contributed by atoms with E-state index in [0.29, 0.717) is 19.5 Å². The number of fused-ring (bicyclic) bond motifs is 3. The number of amides is 2. The maximum Gasteiger partial charge on any atom is 0.407 e. The van der Waals surface area contributed by atoms with E-state index in [1.165, 1.54) is 22.3 Å². The van der Waals surface area contributed by atoms with Crippen molar-refractivity contribution in [3.8, 4) is 11.1 Å². The largest absolute Gasteiger partial charge is 0.481 e. The molecule has 33 heavy (non-hydrogen) atoms. The molecule has 1 heterocycles. The zero-order valence-electron chi connectivity index (χ0n) is 18.6. The average Bonchev–Trinajstić information content (AvgIpc) is 3.38. The maximum atomic E-state index is 12.7. The number of hydrogen-bond donors (Lipinski definition) is 2. The van der Waals surface area contributed by atoms with E-state index in [4.69, 9.17) is 4.74 Å². The second kappa shape index (κ2) is 8.54. The summed E-state index contributed by atoms with van der Waals surface area (Å²) in [4.78, 5) is 38.0. The lowest BCUT2D eigenvalue weighted by Crippen LogP contribution is -2.33. The summed E-state index contributed by atoms with van der Waals surface area (Å²) in [6, 6.07) is 16.4. The number of carboxylic acids is 1. The Kier molecular flexibility index (Phi) is 5.56. The highest BCUT2D eigenvalue weighted by molar-refractivity contribution is 5.83. The summed E-state index contributed by atoms with van der Waals surface area (Å²) in [5, 5.41) is 12.1. The van der Waals surface area contributed by atoms with Gasteiger partial charge in [-0.3, -0.25) is 9.59 Å². The first-order chi connectivity index (χ1) is 15.9. The zero-order chi connectivity index (χ0) is 23.1. The minimum absolute atomic E-state index is 0.00457. The Morgan fingerprint density at radius 3 is 2.24 bits per heavy atom. The molecule has 2 fully saturated rings. The highest BCUT2D eigenvalue weighted by Gasteiger charge is 2.48. The first-order valence-corrected chi connectivity index (χ1v) is 11.5. The third kappa shape index (κ3) is 4.08. The number of aliphatic carboxylic acids is 1. The lowest BCUT2D eigenvalue weighted by atomic mass is 9.98. The van der Waals surface area contributed by atoms with Crippen molar-refractivity contribution in [2.75, 3.05) is 26.2 Å². The van der Waals surface area contributed by atoms with Crippen LogP contribution in [-0.2, 0) is 14.3 Å². The van der Waals surface area contributed by atoms with Crippen LogP contribution in [0.15, 0.2) is 48.5 Å². The van der Waals surface area contributed by atoms with Crippen LogP contribution in [0.4, 0.5) is 4.79 Å². The number of benzene rings is 2. The Labute approximate surface area is 192 Å². The molecule has 0 aromatic heterocycles. The molecule has 4 atom stereocenters. The van der Waals surface area contributed by atoms with Gasteiger partial charge in [0.15, 0.2) is 0 Å². The Balaban J connectivity index is 1.10. The number of likely N-dealkylation sites (tertiary alicyclic amines) is 1. The molecule has 1 saturated heterocycles. The molecule has 5 rings (SSSR count). The van der Waals surface area contributed by atoms with Gasteiger partial charge in [0, 0.05) is 31.5 Å². The van der Waals surface area contributed by atoms with E-state index < -0.39 is 18.0 Å². The topological polar surface area (TPSA) is 95.9 Å². The molecule has 2 amide bonds. The molecular formula is C26H28N2O5. The SMILES string of the molecule is C[C@@H]1CN(C(=O)[C@H]2C[C@H]2CNC(=O)OCC2c3ccccc3-c3ccccc32)C[C@H]1C(=O)O. The first kappa shape index (κ1) is 21.5. The fraction of sp³-hybridized carbons (Fsp3) is 0.423. The Morgan fingerprint density at radius 2 is 1.64 bits per heavy atom. The van der Waals surface area contributed by atoms with Crippen LogP contribution >= 0.6 is 0 Å². The number of carbonyl (C=O) groups is 3. The van der Waals surface area contributed by atoms with E-state index in [-0.39, 0.29) is 42.7 Å². The highest BCUT2D eigenvalue weighted by Crippen LogP contribution is 2.44. The lowest BCUT2D eigenvalue weighted by molar-refractivity contribution is -0.142. The maximum absolute atomic E-state index is 12.7. The van der Waals surface area contributed by atoms with Gasteiger partial charge in [-0.2, -0.15) is 0 Å². The minimum Gasteiger partial charge on any atom is -0.481 e. The number of ether oxygens (including phenoxy) is 1. The van der Waals surface area contributed by atoms with E-state index in [1.54, 1.807) is 4.90 Å². The summed E-state index contributed by atoms with van der Waals surface area (Å²) in [6.07, 6.45) is 0.237. The van der Waals surface area contributed by atoms with Crippen molar-refractivity contribution in [3.63, 3.8) is 0 Å². The molecule has 172 valence electrons. The van der Waals surface area contributed by atoms with Crippen molar-refractivity contribution in [2.24, 2.45) is 23.7 Å². The van der Waals surface area contributed by atoms with Crippen molar-refractivity contribution in [1.29, 1.82) is 0 Å². The molecule has 3 aliphatic rings. The van der Waals surface area contributed by atoms with Gasteiger partial charge < -0.3 is 20.1 Å². The van der Waals surface area contributed by atoms with E-state index in [9.17, 15) is 19.5 Å². The fourth-order valence-corrected chi connectivity index (χ4v) is 5.34. The smallest absolute Gasteiger partial charge is 0.407 e. The highest BCUT2D eigenvalue weighted by atomic mass is 16.5. The third-order valence-electron chi connectivity index (χ3n) is 7.33. The number of alkyl carbamates (subject to hydrolysis) is 1. The standard InChI is InChI=1S/C26H28N2O5/c1-15-12-28(13-22(15)25(30)31)24(29)21-10-16(21)11-27-26(32)33-14-23-19-8-4-2-6-17(19)18-7-3-5-9-20(18)23/h2-9,15-16,21-23H,10-14H2,1H3,(H,27,32)(H,30,31)/t15-,16+,21+,22-/m1/s1. The van der Waals surface area contributed by atoms with Gasteiger partial charge in [0.05, 0.1) is 5.92 Å². The van der Waals surface area contributed by atoms with Crippen LogP contribution in [0.2, 0.25) is 0 Å². The van der Waals surface area contributed by atoms with Gasteiger partial charge in [-0.25, -0.2) is 4.79 Å². The molecule has 2 aliphatic carbocycles. The molecular weight excluding hydrogens is 420 g/mol. The molecule has 7 heteroatoms. The third-order valence-corrected chi connectivity index (χ3v) is 7.33. The van der Waals surface area contributed by atoms with Gasteiger partial charge in [-0.1, -0.05) is 55.5 Å². The molecule has 2 aromatic carbocycles. The molecule has 2 N–H and O–H groups in total. The number of hydrogen-bond acceptors (Lipinski definition) is 4. The van der Waals surface area contributed by atoms with Gasteiger partial charge in [-0.15, -0.1) is 0 Å². The zero-order valence-corrected chi connectivity index (χ0v) is 18.6. The second-order valence-corrected chi connectivity index (χ2v) is 9.47. The van der Waals surface area contributed by atoms with Gasteiger partial charge in [0.1, 0.15) is 6.61 Å². The van der Waals surface area contributed by atoms with Crippen LogP contribution in [0.1, 0.15) is 30.4 Å². The molecule has 2 aromatic rings. The van der Waals surface area contributed by atoms with Crippen LogP contribution in [0, 0.1) is 23.7 Å². The van der Waals surface area contributed by atoms with Crippen LogP contribution in [0.5, 0.6) is 0 Å². The summed E-state index contributed by atoms with van der Waals surface area (Å²) in [5.41, 5.74) is 4.70. The predicted octanol–water partition coefficient (Wildman–Crippen LogP) is 3.34. The monoisotopic (exact) mass is 448 g/mol. The molecule has 7 nitrogen and oxygen atoms in total. The summed E-state index contributed by atoms with van der Waals surface area (Å²) in [5.74, 6) is -1.42. The average molecular weight is 449 g/mol. The quantitative estimate of drug-likeness (QED) is 0.707. The second-order valence-electron chi connectivity index (χ2n) is 9.47. The van der Waals surface area contributed by atoms with Gasteiger partial charge >= 0.3 is 12.1 Å². The molecule has 0 unspecified atom stereocenters. The fourth-order valence-electron chi connectivity index (χ4n) is 5.34. The normalized spacial score (nSPS) is 25.3. The number of rotatable bonds is 6. The van der Waals surface area contributed by atoms with E-state index >= 15 is 0 Å². The number of carbonyl (C=O) groups excluding carboxylic acids is 2. The Bertz CT molecular complexity index is 1050. The van der Waals surface area contributed by atoms with Gasteiger partial charge in [0.2, 0.25) is 5.91 Å². The number of nitrogens with one attached hydrogen (secondary N) is 1. The summed E-state index contributed by atoms with van der Waals surface area (Å²) in [7, 11) is 0. The minimum atomic E-state index is -0.845. The van der Waals surface area contributed by atoms with Crippen LogP contribution in [0.25, 0.3) is 11.1 Å². The van der Waals surface area contributed by atoms with Gasteiger partial charge in [0.25, 0.3) is 0 Å². The van der Waals surface area contributed by atoms with E-state index in [1.807, 2.05) is 31.2 Å². The lowest BCUT2D eigenvalue weighted by Gasteiger charge is -2.16. The van der Waals surface area contributed by atoms with Crippen molar-refractivity contribution in [1.82, 2.24) is 10.2 Å². The van der Waals surface area contributed by atoms with Crippen molar-refractivity contribution in [2.45, 2.75) is 19.3 Å².